The Morgan fingerprint density at radius 1 is 1.39 bits per heavy atom. The first kappa shape index (κ1) is 18.9. The molecule has 1 aliphatic rings. The summed E-state index contributed by atoms with van der Waals surface area (Å²) in [5, 5.41) is 14.7. The van der Waals surface area contributed by atoms with Gasteiger partial charge in [-0.1, -0.05) is 18.2 Å². The van der Waals surface area contributed by atoms with E-state index in [4.69, 9.17) is 10.00 Å². The fourth-order valence-electron chi connectivity index (χ4n) is 2.25. The highest BCUT2D eigenvalue weighted by atomic mass is 16.5. The number of hydrogen-bond acceptors (Lipinski definition) is 5. The largest absolute Gasteiger partial charge is 0.492 e. The van der Waals surface area contributed by atoms with Crippen molar-refractivity contribution in [2.75, 3.05) is 40.3 Å². The van der Waals surface area contributed by atoms with Crippen molar-refractivity contribution in [3.8, 4) is 11.8 Å². The zero-order valence-electron chi connectivity index (χ0n) is 13.9. The van der Waals surface area contributed by atoms with Crippen molar-refractivity contribution < 1.29 is 9.53 Å². The highest BCUT2D eigenvalue weighted by Gasteiger charge is 2.27. The molecule has 1 aromatic rings. The van der Waals surface area contributed by atoms with Gasteiger partial charge in [0.1, 0.15) is 18.4 Å². The summed E-state index contributed by atoms with van der Waals surface area (Å²) in [5.41, 5.74) is 0. The van der Waals surface area contributed by atoms with Crippen LogP contribution < -0.4 is 15.4 Å². The van der Waals surface area contributed by atoms with E-state index in [2.05, 4.69) is 16.7 Å². The minimum atomic E-state index is -0.245. The fraction of sp³-hybridized carbons (Fsp3) is 0.529. The summed E-state index contributed by atoms with van der Waals surface area (Å²) in [5.74, 6) is 0.818. The Morgan fingerprint density at radius 3 is 2.74 bits per heavy atom. The van der Waals surface area contributed by atoms with E-state index in [0.29, 0.717) is 19.7 Å². The lowest BCUT2D eigenvalue weighted by atomic mass is 10.2. The molecule has 2 N–H and O–H groups in total. The number of nitriles is 1. The zero-order chi connectivity index (χ0) is 16.9. The number of benzene rings is 1. The van der Waals surface area contributed by atoms with E-state index in [1.807, 2.05) is 44.4 Å². The number of nitrogens with zero attached hydrogens (tertiary/aromatic N) is 2. The monoisotopic (exact) mass is 318 g/mol. The summed E-state index contributed by atoms with van der Waals surface area (Å²) in [6.07, 6.45) is 1.71. The summed E-state index contributed by atoms with van der Waals surface area (Å²) in [6.45, 7) is 2.07. The SMILES string of the molecule is CNC.N#CC1CCCN1C(=O)CNCCOc1ccccc1. The lowest BCUT2D eigenvalue weighted by Crippen LogP contribution is -2.41. The quantitative estimate of drug-likeness (QED) is 0.765. The molecular weight excluding hydrogens is 292 g/mol. The van der Waals surface area contributed by atoms with Crippen LogP contribution in [0, 0.1) is 11.3 Å². The Balaban J connectivity index is 0.000000816. The lowest BCUT2D eigenvalue weighted by Gasteiger charge is -2.19. The first-order valence-electron chi connectivity index (χ1n) is 7.89. The minimum Gasteiger partial charge on any atom is -0.492 e. The molecule has 1 fully saturated rings. The number of hydrogen-bond donors (Lipinski definition) is 2. The van der Waals surface area contributed by atoms with Crippen LogP contribution in [-0.2, 0) is 4.79 Å². The average molecular weight is 318 g/mol. The Bertz CT molecular complexity index is 487. The van der Waals surface area contributed by atoms with E-state index in [-0.39, 0.29) is 18.5 Å². The molecule has 2 rings (SSSR count). The van der Waals surface area contributed by atoms with Gasteiger partial charge < -0.3 is 20.3 Å². The van der Waals surface area contributed by atoms with Gasteiger partial charge in [0.05, 0.1) is 12.6 Å². The predicted octanol–water partition coefficient (Wildman–Crippen LogP) is 1.01. The third kappa shape index (κ3) is 7.13. The van der Waals surface area contributed by atoms with Gasteiger partial charge in [0.2, 0.25) is 5.91 Å². The number of rotatable bonds is 6. The van der Waals surface area contributed by atoms with Gasteiger partial charge in [-0.25, -0.2) is 0 Å². The van der Waals surface area contributed by atoms with Crippen LogP contribution in [0.2, 0.25) is 0 Å². The first-order valence-corrected chi connectivity index (χ1v) is 7.89. The maximum Gasteiger partial charge on any atom is 0.237 e. The summed E-state index contributed by atoms with van der Waals surface area (Å²) in [7, 11) is 3.75. The number of nitrogens with one attached hydrogen (secondary N) is 2. The second-order valence-corrected chi connectivity index (χ2v) is 5.21. The number of ether oxygens (including phenoxy) is 1. The van der Waals surface area contributed by atoms with Crippen molar-refractivity contribution in [1.82, 2.24) is 15.5 Å². The van der Waals surface area contributed by atoms with Crippen LogP contribution in [0.1, 0.15) is 12.8 Å². The molecule has 0 radical (unpaired) electrons. The van der Waals surface area contributed by atoms with Gasteiger partial charge in [0, 0.05) is 13.1 Å². The third-order valence-electron chi connectivity index (χ3n) is 3.29. The molecule has 1 unspecified atom stereocenters. The zero-order valence-corrected chi connectivity index (χ0v) is 13.9. The molecule has 1 amide bonds. The maximum absolute atomic E-state index is 11.9. The summed E-state index contributed by atoms with van der Waals surface area (Å²) >= 11 is 0. The fourth-order valence-corrected chi connectivity index (χ4v) is 2.25. The minimum absolute atomic E-state index is 0.00578. The maximum atomic E-state index is 11.9. The molecule has 0 spiro atoms. The molecule has 23 heavy (non-hydrogen) atoms. The summed E-state index contributed by atoms with van der Waals surface area (Å²) in [6, 6.07) is 11.5. The van der Waals surface area contributed by atoms with Crippen LogP contribution in [-0.4, -0.2) is 57.2 Å². The van der Waals surface area contributed by atoms with Gasteiger partial charge >= 0.3 is 0 Å². The molecule has 1 aromatic carbocycles. The van der Waals surface area contributed by atoms with Gasteiger partial charge in [-0.15, -0.1) is 0 Å². The number of carbonyl (C=O) groups is 1. The van der Waals surface area contributed by atoms with Crippen molar-refractivity contribution in [2.24, 2.45) is 0 Å². The second kappa shape index (κ2) is 11.5. The molecule has 0 saturated carbocycles. The lowest BCUT2D eigenvalue weighted by molar-refractivity contribution is -0.130. The second-order valence-electron chi connectivity index (χ2n) is 5.21. The molecule has 6 nitrogen and oxygen atoms in total. The van der Waals surface area contributed by atoms with Gasteiger partial charge in [-0.05, 0) is 39.1 Å². The molecule has 1 heterocycles. The molecule has 0 aromatic heterocycles. The molecule has 126 valence electrons. The Morgan fingerprint density at radius 2 is 2.09 bits per heavy atom. The van der Waals surface area contributed by atoms with Crippen molar-refractivity contribution in [3.05, 3.63) is 30.3 Å². The molecule has 1 aliphatic heterocycles. The van der Waals surface area contributed by atoms with E-state index < -0.39 is 0 Å². The highest BCUT2D eigenvalue weighted by Crippen LogP contribution is 2.15. The predicted molar refractivity (Wildman–Crippen MR) is 90.1 cm³/mol. The van der Waals surface area contributed by atoms with E-state index in [0.717, 1.165) is 18.6 Å². The van der Waals surface area contributed by atoms with Gasteiger partial charge in [-0.2, -0.15) is 5.26 Å². The van der Waals surface area contributed by atoms with Crippen LogP contribution in [0.4, 0.5) is 0 Å². The molecular formula is C17H26N4O2. The van der Waals surface area contributed by atoms with E-state index in [9.17, 15) is 4.79 Å². The number of amides is 1. The Labute approximate surface area is 138 Å². The van der Waals surface area contributed by atoms with Crippen molar-refractivity contribution >= 4 is 5.91 Å². The number of para-hydroxylation sites is 1. The van der Waals surface area contributed by atoms with Crippen molar-refractivity contribution in [3.63, 3.8) is 0 Å². The number of likely N-dealkylation sites (tertiary alicyclic amines) is 1. The Kier molecular flexibility index (Phi) is 9.45. The van der Waals surface area contributed by atoms with Gasteiger partial charge in [0.25, 0.3) is 0 Å². The molecule has 1 saturated heterocycles. The normalized spacial score (nSPS) is 16.2. The molecule has 6 heteroatoms. The topological polar surface area (TPSA) is 77.4 Å². The van der Waals surface area contributed by atoms with Crippen LogP contribution in [0.3, 0.4) is 0 Å². The van der Waals surface area contributed by atoms with Crippen LogP contribution >= 0.6 is 0 Å². The van der Waals surface area contributed by atoms with E-state index in [1.165, 1.54) is 0 Å². The van der Waals surface area contributed by atoms with Gasteiger partial charge in [0.15, 0.2) is 0 Å². The van der Waals surface area contributed by atoms with Crippen molar-refractivity contribution in [2.45, 2.75) is 18.9 Å². The summed E-state index contributed by atoms with van der Waals surface area (Å²) in [4.78, 5) is 13.6. The molecule has 1 atom stereocenters. The smallest absolute Gasteiger partial charge is 0.237 e. The third-order valence-corrected chi connectivity index (χ3v) is 3.29. The summed E-state index contributed by atoms with van der Waals surface area (Å²) < 4.78 is 5.52. The molecule has 0 bridgehead atoms. The Hall–Kier alpha value is -2.10. The standard InChI is InChI=1S/C15H19N3O2.C2H7N/c16-11-13-5-4-9-18(13)15(19)12-17-8-10-20-14-6-2-1-3-7-14;1-3-2/h1-3,6-7,13,17H,4-5,8-10,12H2;3H,1-2H3. The first-order chi connectivity index (χ1) is 11.2. The average Bonchev–Trinajstić information content (AvgIpc) is 3.05. The van der Waals surface area contributed by atoms with Gasteiger partial charge in [-0.3, -0.25) is 4.79 Å². The highest BCUT2D eigenvalue weighted by molar-refractivity contribution is 5.79. The molecule has 0 aliphatic carbocycles. The van der Waals surface area contributed by atoms with E-state index in [1.54, 1.807) is 4.90 Å². The van der Waals surface area contributed by atoms with Crippen LogP contribution in [0.25, 0.3) is 0 Å². The van der Waals surface area contributed by atoms with Crippen LogP contribution in [0.5, 0.6) is 5.75 Å². The van der Waals surface area contributed by atoms with Crippen LogP contribution in [0.15, 0.2) is 30.3 Å². The van der Waals surface area contributed by atoms with Crippen molar-refractivity contribution in [1.29, 1.82) is 5.26 Å². The number of carbonyl (C=O) groups excluding carboxylic acids is 1. The van der Waals surface area contributed by atoms with E-state index >= 15 is 0 Å².